The molecular formula is C16H30N2O4. The molecule has 0 aromatic rings. The molecule has 3 unspecified atom stereocenters. The average molecular weight is 314 g/mol. The highest BCUT2D eigenvalue weighted by Crippen LogP contribution is 2.20. The molecule has 22 heavy (non-hydrogen) atoms. The van der Waals surface area contributed by atoms with Crippen LogP contribution in [0.1, 0.15) is 40.5 Å². The Bertz CT molecular complexity index is 383. The number of carbonyl (C=O) groups is 1. The topological polar surface area (TPSA) is 60.0 Å². The second-order valence-electron chi connectivity index (χ2n) is 7.32. The molecule has 0 radical (unpaired) electrons. The summed E-state index contributed by atoms with van der Waals surface area (Å²) < 4.78 is 16.8. The minimum absolute atomic E-state index is 0.00801. The minimum atomic E-state index is -0.473. The molecule has 2 fully saturated rings. The van der Waals surface area contributed by atoms with E-state index in [1.54, 1.807) is 12.0 Å². The highest BCUT2D eigenvalue weighted by Gasteiger charge is 2.37. The first-order chi connectivity index (χ1) is 10.3. The minimum Gasteiger partial charge on any atom is -0.444 e. The molecule has 0 saturated carbocycles. The van der Waals surface area contributed by atoms with Gasteiger partial charge in [-0.15, -0.1) is 0 Å². The van der Waals surface area contributed by atoms with Crippen LogP contribution in [0, 0.1) is 0 Å². The van der Waals surface area contributed by atoms with Crippen molar-refractivity contribution >= 4 is 6.09 Å². The van der Waals surface area contributed by atoms with Gasteiger partial charge in [-0.2, -0.15) is 0 Å². The van der Waals surface area contributed by atoms with Gasteiger partial charge in [0.1, 0.15) is 5.60 Å². The summed E-state index contributed by atoms with van der Waals surface area (Å²) in [7, 11) is 1.69. The monoisotopic (exact) mass is 314 g/mol. The predicted molar refractivity (Wildman–Crippen MR) is 84.0 cm³/mol. The number of hydrogen-bond acceptors (Lipinski definition) is 5. The Morgan fingerprint density at radius 3 is 2.59 bits per heavy atom. The van der Waals surface area contributed by atoms with E-state index in [1.807, 2.05) is 20.8 Å². The van der Waals surface area contributed by atoms with Gasteiger partial charge in [0.15, 0.2) is 0 Å². The van der Waals surface area contributed by atoms with E-state index in [0.29, 0.717) is 19.2 Å². The summed E-state index contributed by atoms with van der Waals surface area (Å²) in [6.45, 7) is 9.71. The molecule has 2 aliphatic rings. The van der Waals surface area contributed by atoms with E-state index in [9.17, 15) is 4.79 Å². The van der Waals surface area contributed by atoms with Gasteiger partial charge in [0.05, 0.1) is 30.9 Å². The Hall–Kier alpha value is -0.850. The average Bonchev–Trinajstić information content (AvgIpc) is 3.00. The van der Waals surface area contributed by atoms with Crippen molar-refractivity contribution in [3.8, 4) is 0 Å². The maximum Gasteiger partial charge on any atom is 0.410 e. The lowest BCUT2D eigenvalue weighted by atomic mass is 10.1. The Morgan fingerprint density at radius 2 is 2.05 bits per heavy atom. The maximum absolute atomic E-state index is 12.2. The number of rotatable bonds is 4. The van der Waals surface area contributed by atoms with Crippen LogP contribution in [0.3, 0.4) is 0 Å². The molecule has 2 rings (SSSR count). The molecule has 1 amide bonds. The van der Waals surface area contributed by atoms with Crippen LogP contribution in [0.15, 0.2) is 0 Å². The molecule has 2 aliphatic heterocycles. The van der Waals surface area contributed by atoms with E-state index in [2.05, 4.69) is 12.2 Å². The Morgan fingerprint density at radius 1 is 1.32 bits per heavy atom. The maximum atomic E-state index is 12.2. The smallest absolute Gasteiger partial charge is 0.410 e. The van der Waals surface area contributed by atoms with Crippen LogP contribution < -0.4 is 5.32 Å². The number of nitrogens with zero attached hydrogens (tertiary/aromatic N) is 1. The van der Waals surface area contributed by atoms with Gasteiger partial charge < -0.3 is 24.4 Å². The van der Waals surface area contributed by atoms with Gasteiger partial charge in [0.2, 0.25) is 0 Å². The first-order valence-electron chi connectivity index (χ1n) is 8.18. The van der Waals surface area contributed by atoms with Gasteiger partial charge in [-0.05, 0) is 40.5 Å². The van der Waals surface area contributed by atoms with Crippen molar-refractivity contribution in [3.05, 3.63) is 0 Å². The molecule has 0 bridgehead atoms. The largest absolute Gasteiger partial charge is 0.444 e. The number of hydrogen-bond donors (Lipinski definition) is 1. The molecule has 4 atom stereocenters. The molecule has 2 heterocycles. The summed E-state index contributed by atoms with van der Waals surface area (Å²) in [4.78, 5) is 13.9. The number of carbonyl (C=O) groups excluding carboxylic acids is 1. The third-order valence-electron chi connectivity index (χ3n) is 4.15. The van der Waals surface area contributed by atoms with E-state index < -0.39 is 5.60 Å². The van der Waals surface area contributed by atoms with Gasteiger partial charge in [-0.1, -0.05) is 0 Å². The van der Waals surface area contributed by atoms with Crippen molar-refractivity contribution in [1.29, 1.82) is 0 Å². The second kappa shape index (κ2) is 7.15. The molecule has 0 spiro atoms. The number of amides is 1. The van der Waals surface area contributed by atoms with Gasteiger partial charge in [-0.3, -0.25) is 0 Å². The van der Waals surface area contributed by atoms with Gasteiger partial charge in [0.25, 0.3) is 0 Å². The molecule has 128 valence electrons. The SMILES string of the molecule is CO[C@H]1CN(C(=O)OC(C)(C)C)CC1NCC1CCC(C)O1. The van der Waals surface area contributed by atoms with E-state index in [4.69, 9.17) is 14.2 Å². The normalized spacial score (nSPS) is 32.5. The van der Waals surface area contributed by atoms with E-state index in [0.717, 1.165) is 19.4 Å². The number of nitrogens with one attached hydrogen (secondary N) is 1. The fourth-order valence-electron chi connectivity index (χ4n) is 3.00. The number of methoxy groups -OCH3 is 1. The Balaban J connectivity index is 1.82. The Labute approximate surface area is 133 Å². The highest BCUT2D eigenvalue weighted by molar-refractivity contribution is 5.68. The lowest BCUT2D eigenvalue weighted by Crippen LogP contribution is -2.44. The second-order valence-corrected chi connectivity index (χ2v) is 7.32. The molecule has 1 N–H and O–H groups in total. The van der Waals surface area contributed by atoms with Crippen LogP contribution in [0.2, 0.25) is 0 Å². The lowest BCUT2D eigenvalue weighted by molar-refractivity contribution is 0.0251. The summed E-state index contributed by atoms with van der Waals surface area (Å²) in [5, 5.41) is 3.49. The zero-order chi connectivity index (χ0) is 16.3. The van der Waals surface area contributed by atoms with Crippen LogP contribution >= 0.6 is 0 Å². The molecule has 2 saturated heterocycles. The predicted octanol–water partition coefficient (Wildman–Crippen LogP) is 1.78. The van der Waals surface area contributed by atoms with Gasteiger partial charge in [-0.25, -0.2) is 4.79 Å². The standard InChI is InChI=1S/C16H30N2O4/c1-11-6-7-12(21-11)8-17-13-9-18(10-14(13)20-5)15(19)22-16(2,3)4/h11-14,17H,6-10H2,1-5H3/t11?,12?,13?,14-/m0/s1. The van der Waals surface area contributed by atoms with Crippen LogP contribution in [0.5, 0.6) is 0 Å². The third-order valence-corrected chi connectivity index (χ3v) is 4.15. The van der Waals surface area contributed by atoms with Crippen LogP contribution in [-0.2, 0) is 14.2 Å². The van der Waals surface area contributed by atoms with Crippen molar-refractivity contribution in [2.45, 2.75) is 70.5 Å². The van der Waals surface area contributed by atoms with Crippen molar-refractivity contribution in [1.82, 2.24) is 10.2 Å². The van der Waals surface area contributed by atoms with Crippen LogP contribution in [-0.4, -0.2) is 67.7 Å². The Kier molecular flexibility index (Phi) is 5.69. The molecule has 0 aromatic heterocycles. The number of likely N-dealkylation sites (tertiary alicyclic amines) is 1. The summed E-state index contributed by atoms with van der Waals surface area (Å²) in [6.07, 6.45) is 2.55. The van der Waals surface area contributed by atoms with Gasteiger partial charge >= 0.3 is 6.09 Å². The van der Waals surface area contributed by atoms with E-state index in [-0.39, 0.29) is 24.3 Å². The summed E-state index contributed by atoms with van der Waals surface area (Å²) in [5.41, 5.74) is -0.473. The molecule has 0 aromatic carbocycles. The van der Waals surface area contributed by atoms with E-state index in [1.165, 1.54) is 0 Å². The first-order valence-corrected chi connectivity index (χ1v) is 8.18. The number of ether oxygens (including phenoxy) is 3. The van der Waals surface area contributed by atoms with Crippen LogP contribution in [0.4, 0.5) is 4.79 Å². The fourth-order valence-corrected chi connectivity index (χ4v) is 3.00. The quantitative estimate of drug-likeness (QED) is 0.857. The van der Waals surface area contributed by atoms with Crippen molar-refractivity contribution in [3.63, 3.8) is 0 Å². The first kappa shape index (κ1) is 17.5. The summed E-state index contributed by atoms with van der Waals surface area (Å²) in [6, 6.07) is 0.122. The van der Waals surface area contributed by atoms with Crippen LogP contribution in [0.25, 0.3) is 0 Å². The van der Waals surface area contributed by atoms with Gasteiger partial charge in [0, 0.05) is 20.2 Å². The zero-order valence-electron chi connectivity index (χ0n) is 14.4. The highest BCUT2D eigenvalue weighted by atomic mass is 16.6. The van der Waals surface area contributed by atoms with Crippen molar-refractivity contribution < 1.29 is 19.0 Å². The van der Waals surface area contributed by atoms with Crippen molar-refractivity contribution in [2.24, 2.45) is 0 Å². The lowest BCUT2D eigenvalue weighted by Gasteiger charge is -2.24. The zero-order valence-corrected chi connectivity index (χ0v) is 14.4. The van der Waals surface area contributed by atoms with E-state index >= 15 is 0 Å². The molecular weight excluding hydrogens is 284 g/mol. The molecule has 6 heteroatoms. The van der Waals surface area contributed by atoms with Crippen molar-refractivity contribution in [2.75, 3.05) is 26.7 Å². The molecule has 6 nitrogen and oxygen atoms in total. The summed E-state index contributed by atoms with van der Waals surface area (Å²) in [5.74, 6) is 0. The summed E-state index contributed by atoms with van der Waals surface area (Å²) >= 11 is 0. The molecule has 0 aliphatic carbocycles. The fraction of sp³-hybridized carbons (Fsp3) is 0.938. The third kappa shape index (κ3) is 4.83.